The second-order valence-electron chi connectivity index (χ2n) is 7.05. The van der Waals surface area contributed by atoms with Gasteiger partial charge in [0.25, 0.3) is 0 Å². The fraction of sp³-hybridized carbons (Fsp3) is 0.250. The molecule has 0 unspecified atom stereocenters. The van der Waals surface area contributed by atoms with Gasteiger partial charge in [0.05, 0.1) is 35.3 Å². The van der Waals surface area contributed by atoms with Gasteiger partial charge in [-0.25, -0.2) is 4.68 Å². The van der Waals surface area contributed by atoms with Crippen LogP contribution in [0.25, 0.3) is 27.8 Å². The molecule has 0 saturated carbocycles. The third-order valence-corrected chi connectivity index (χ3v) is 5.46. The number of nitrogens with zero attached hydrogens (tertiary/aromatic N) is 5. The molecule has 1 aliphatic heterocycles. The van der Waals surface area contributed by atoms with Crippen molar-refractivity contribution >= 4 is 28.3 Å². The minimum atomic E-state index is 0.439. The van der Waals surface area contributed by atoms with Gasteiger partial charge >= 0.3 is 0 Å². The van der Waals surface area contributed by atoms with Crippen LogP contribution >= 0.6 is 11.6 Å². The first-order chi connectivity index (χ1) is 13.7. The van der Waals surface area contributed by atoms with Crippen LogP contribution in [0.1, 0.15) is 18.9 Å². The van der Waals surface area contributed by atoms with Crippen molar-refractivity contribution in [1.29, 1.82) is 0 Å². The van der Waals surface area contributed by atoms with Crippen molar-refractivity contribution in [3.05, 3.63) is 53.9 Å². The second-order valence-corrected chi connectivity index (χ2v) is 7.49. The fourth-order valence-electron chi connectivity index (χ4n) is 3.74. The zero-order chi connectivity index (χ0) is 19.1. The van der Waals surface area contributed by atoms with E-state index in [2.05, 4.69) is 31.4 Å². The van der Waals surface area contributed by atoms with Crippen molar-refractivity contribution in [2.24, 2.45) is 0 Å². The van der Waals surface area contributed by atoms with Crippen LogP contribution in [0.2, 0.25) is 5.02 Å². The molecule has 8 heteroatoms. The molecule has 1 fully saturated rings. The minimum Gasteiger partial charge on any atom is -0.382 e. The predicted molar refractivity (Wildman–Crippen MR) is 111 cm³/mol. The third kappa shape index (κ3) is 3.02. The van der Waals surface area contributed by atoms with E-state index >= 15 is 0 Å². The Bertz CT molecular complexity index is 1140. The second kappa shape index (κ2) is 6.92. The zero-order valence-corrected chi connectivity index (χ0v) is 16.0. The molecule has 0 spiro atoms. The largest absolute Gasteiger partial charge is 0.382 e. The minimum absolute atomic E-state index is 0.439. The Morgan fingerprint density at radius 2 is 2.00 bits per heavy atom. The van der Waals surface area contributed by atoms with E-state index in [-0.39, 0.29) is 0 Å². The molecule has 142 valence electrons. The lowest BCUT2D eigenvalue weighted by Crippen LogP contribution is -2.29. The summed E-state index contributed by atoms with van der Waals surface area (Å²) in [5.41, 5.74) is 9.71. The number of nitrogens with two attached hydrogens (primary N) is 1. The quantitative estimate of drug-likeness (QED) is 0.556. The maximum Gasteiger partial charge on any atom is 0.153 e. The highest BCUT2D eigenvalue weighted by atomic mass is 35.5. The van der Waals surface area contributed by atoms with Crippen molar-refractivity contribution in [2.45, 2.75) is 18.9 Å². The molecule has 0 atom stereocenters. The molecule has 0 radical (unpaired) electrons. The van der Waals surface area contributed by atoms with Crippen LogP contribution < -0.4 is 11.1 Å². The number of hydrogen-bond acceptors (Lipinski definition) is 5. The summed E-state index contributed by atoms with van der Waals surface area (Å²) in [7, 11) is 0. The summed E-state index contributed by atoms with van der Waals surface area (Å²) in [6.45, 7) is 2.06. The highest BCUT2D eigenvalue weighted by Gasteiger charge is 2.17. The van der Waals surface area contributed by atoms with Gasteiger partial charge in [-0.2, -0.15) is 5.10 Å². The molecule has 1 saturated heterocycles. The highest BCUT2D eigenvalue weighted by molar-refractivity contribution is 6.30. The summed E-state index contributed by atoms with van der Waals surface area (Å²) >= 11 is 6.12. The first-order valence-electron chi connectivity index (χ1n) is 9.34. The Kier molecular flexibility index (Phi) is 4.26. The van der Waals surface area contributed by atoms with Gasteiger partial charge in [-0.05, 0) is 50.2 Å². The molecular formula is C20H20ClN7. The third-order valence-electron chi connectivity index (χ3n) is 5.23. The average molecular weight is 394 g/mol. The molecule has 3 aromatic heterocycles. The number of fused-ring (bicyclic) bond motifs is 1. The predicted octanol–water partition coefficient (Wildman–Crippen LogP) is 3.44. The molecule has 0 bridgehead atoms. The van der Waals surface area contributed by atoms with Gasteiger partial charge in [0.1, 0.15) is 0 Å². The van der Waals surface area contributed by atoms with Gasteiger partial charge in [-0.3, -0.25) is 9.67 Å². The van der Waals surface area contributed by atoms with Crippen molar-refractivity contribution in [1.82, 2.24) is 29.9 Å². The Morgan fingerprint density at radius 1 is 1.14 bits per heavy atom. The number of hydrogen-bond donors (Lipinski definition) is 2. The summed E-state index contributed by atoms with van der Waals surface area (Å²) in [4.78, 5) is 4.64. The van der Waals surface area contributed by atoms with Gasteiger partial charge in [-0.1, -0.05) is 17.7 Å². The van der Waals surface area contributed by atoms with Gasteiger partial charge in [0.2, 0.25) is 0 Å². The number of piperidine rings is 1. The summed E-state index contributed by atoms with van der Waals surface area (Å²) < 4.78 is 3.83. The molecule has 1 aromatic carbocycles. The van der Waals surface area contributed by atoms with Crippen molar-refractivity contribution < 1.29 is 0 Å². The van der Waals surface area contributed by atoms with Crippen LogP contribution in [-0.4, -0.2) is 37.6 Å². The number of halogens is 1. The van der Waals surface area contributed by atoms with E-state index in [9.17, 15) is 0 Å². The Balaban J connectivity index is 1.52. The summed E-state index contributed by atoms with van der Waals surface area (Å²) in [5.74, 6) is 0.462. The normalized spacial score (nSPS) is 15.3. The van der Waals surface area contributed by atoms with E-state index in [0.29, 0.717) is 16.9 Å². The van der Waals surface area contributed by atoms with Crippen LogP contribution in [0.5, 0.6) is 0 Å². The SMILES string of the molecule is Nc1nn(-c2cccc(Cl)c2)c2cnc(-c3cnn(C4CCNCC4)c3)cc12. The Hall–Kier alpha value is -2.90. The highest BCUT2D eigenvalue weighted by Crippen LogP contribution is 2.29. The molecule has 5 rings (SSSR count). The van der Waals surface area contributed by atoms with Crippen LogP contribution in [0, 0.1) is 0 Å². The van der Waals surface area contributed by atoms with Crippen molar-refractivity contribution in [3.8, 4) is 16.9 Å². The Morgan fingerprint density at radius 3 is 2.82 bits per heavy atom. The van der Waals surface area contributed by atoms with Crippen LogP contribution in [0.15, 0.2) is 48.9 Å². The smallest absolute Gasteiger partial charge is 0.153 e. The lowest BCUT2D eigenvalue weighted by Gasteiger charge is -2.22. The number of anilines is 1. The molecular weight excluding hydrogens is 374 g/mol. The summed E-state index contributed by atoms with van der Waals surface area (Å²) in [5, 5.41) is 13.9. The molecule has 1 aliphatic rings. The average Bonchev–Trinajstić information content (AvgIpc) is 3.34. The monoisotopic (exact) mass is 393 g/mol. The number of aromatic nitrogens is 5. The maximum absolute atomic E-state index is 6.20. The maximum atomic E-state index is 6.20. The van der Waals surface area contributed by atoms with Crippen LogP contribution in [0.4, 0.5) is 5.82 Å². The Labute approximate surface area is 167 Å². The molecule has 0 amide bonds. The first kappa shape index (κ1) is 17.2. The number of nitrogens with one attached hydrogen (secondary N) is 1. The summed E-state index contributed by atoms with van der Waals surface area (Å²) in [6.07, 6.45) is 7.92. The van der Waals surface area contributed by atoms with Gasteiger partial charge < -0.3 is 11.1 Å². The van der Waals surface area contributed by atoms with Gasteiger partial charge in [0, 0.05) is 22.2 Å². The summed E-state index contributed by atoms with van der Waals surface area (Å²) in [6, 6.07) is 9.92. The van der Waals surface area contributed by atoms with E-state index in [1.54, 1.807) is 10.9 Å². The van der Waals surface area contributed by atoms with Gasteiger partial charge in [-0.15, -0.1) is 5.10 Å². The molecule has 7 nitrogen and oxygen atoms in total. The molecule has 28 heavy (non-hydrogen) atoms. The van der Waals surface area contributed by atoms with Crippen molar-refractivity contribution in [3.63, 3.8) is 0 Å². The number of benzene rings is 1. The molecule has 3 N–H and O–H groups in total. The first-order valence-corrected chi connectivity index (χ1v) is 9.72. The lowest BCUT2D eigenvalue weighted by atomic mass is 10.1. The standard InChI is InChI=1S/C20H20ClN7/c21-14-2-1-3-16(8-14)28-19-11-24-18(9-17(19)20(22)26-28)13-10-25-27(12-13)15-4-6-23-7-5-15/h1-3,8-12,15,23H,4-7H2,(H2,22,26). The van der Waals surface area contributed by atoms with E-state index < -0.39 is 0 Å². The number of rotatable bonds is 3. The number of nitrogen functional groups attached to an aromatic ring is 1. The topological polar surface area (TPSA) is 86.6 Å². The molecule has 4 aromatic rings. The van der Waals surface area contributed by atoms with Crippen molar-refractivity contribution in [2.75, 3.05) is 18.8 Å². The van der Waals surface area contributed by atoms with E-state index in [1.165, 1.54) is 0 Å². The van der Waals surface area contributed by atoms with E-state index in [1.807, 2.05) is 36.5 Å². The lowest BCUT2D eigenvalue weighted by molar-refractivity contribution is 0.343. The number of pyridine rings is 1. The van der Waals surface area contributed by atoms with E-state index in [0.717, 1.165) is 53.8 Å². The van der Waals surface area contributed by atoms with Crippen LogP contribution in [0.3, 0.4) is 0 Å². The van der Waals surface area contributed by atoms with Crippen LogP contribution in [-0.2, 0) is 0 Å². The van der Waals surface area contributed by atoms with Gasteiger partial charge in [0.15, 0.2) is 5.82 Å². The molecule has 4 heterocycles. The molecule has 0 aliphatic carbocycles. The zero-order valence-electron chi connectivity index (χ0n) is 15.2. The fourth-order valence-corrected chi connectivity index (χ4v) is 3.93. The van der Waals surface area contributed by atoms with E-state index in [4.69, 9.17) is 17.3 Å².